The SMILES string of the molecule is CC1CCCC(C)N1C(=O)/C=C/c1ccc(N)cc1. The number of benzene rings is 1. The van der Waals surface area contributed by atoms with Crippen molar-refractivity contribution in [2.45, 2.75) is 45.2 Å². The lowest BCUT2D eigenvalue weighted by molar-refractivity contribution is -0.131. The molecule has 0 bridgehead atoms. The Morgan fingerprint density at radius 2 is 1.79 bits per heavy atom. The van der Waals surface area contributed by atoms with E-state index in [1.807, 2.05) is 35.2 Å². The molecule has 2 N–H and O–H groups in total. The van der Waals surface area contributed by atoms with E-state index in [2.05, 4.69) is 13.8 Å². The molecule has 1 fully saturated rings. The number of hydrogen-bond acceptors (Lipinski definition) is 2. The van der Waals surface area contributed by atoms with Gasteiger partial charge >= 0.3 is 0 Å². The van der Waals surface area contributed by atoms with Gasteiger partial charge < -0.3 is 10.6 Å². The fourth-order valence-electron chi connectivity index (χ4n) is 2.72. The molecule has 1 amide bonds. The molecule has 1 heterocycles. The number of nitrogens with zero attached hydrogens (tertiary/aromatic N) is 1. The van der Waals surface area contributed by atoms with Crippen LogP contribution in [0.1, 0.15) is 38.7 Å². The molecule has 0 spiro atoms. The van der Waals surface area contributed by atoms with Gasteiger partial charge in [-0.2, -0.15) is 0 Å². The average molecular weight is 258 g/mol. The van der Waals surface area contributed by atoms with Crippen molar-refractivity contribution in [3.8, 4) is 0 Å². The molecular weight excluding hydrogens is 236 g/mol. The molecule has 1 aliphatic rings. The van der Waals surface area contributed by atoms with Gasteiger partial charge in [-0.15, -0.1) is 0 Å². The lowest BCUT2D eigenvalue weighted by Crippen LogP contribution is -2.46. The Bertz CT molecular complexity index is 454. The van der Waals surface area contributed by atoms with Crippen molar-refractivity contribution in [2.24, 2.45) is 0 Å². The lowest BCUT2D eigenvalue weighted by Gasteiger charge is -2.38. The molecule has 1 aromatic carbocycles. The molecule has 0 aromatic heterocycles. The van der Waals surface area contributed by atoms with Crippen molar-refractivity contribution in [1.82, 2.24) is 4.90 Å². The van der Waals surface area contributed by atoms with Crippen LogP contribution in [0.25, 0.3) is 6.08 Å². The third-order valence-electron chi connectivity index (χ3n) is 3.80. The van der Waals surface area contributed by atoms with Gasteiger partial charge in [-0.05, 0) is 56.9 Å². The van der Waals surface area contributed by atoms with Crippen molar-refractivity contribution in [3.05, 3.63) is 35.9 Å². The minimum atomic E-state index is 0.108. The zero-order valence-corrected chi connectivity index (χ0v) is 11.7. The normalized spacial score (nSPS) is 23.8. The highest BCUT2D eigenvalue weighted by atomic mass is 16.2. The van der Waals surface area contributed by atoms with E-state index in [1.54, 1.807) is 6.08 Å². The fraction of sp³-hybridized carbons (Fsp3) is 0.438. The van der Waals surface area contributed by atoms with Crippen LogP contribution in [0.3, 0.4) is 0 Å². The summed E-state index contributed by atoms with van der Waals surface area (Å²) in [5, 5.41) is 0. The summed E-state index contributed by atoms with van der Waals surface area (Å²) in [7, 11) is 0. The van der Waals surface area contributed by atoms with E-state index in [9.17, 15) is 4.79 Å². The number of piperidine rings is 1. The van der Waals surface area contributed by atoms with Crippen LogP contribution in [0.5, 0.6) is 0 Å². The first-order valence-corrected chi connectivity index (χ1v) is 6.94. The summed E-state index contributed by atoms with van der Waals surface area (Å²) in [6, 6.07) is 8.20. The number of hydrogen-bond donors (Lipinski definition) is 1. The number of likely N-dealkylation sites (tertiary alicyclic amines) is 1. The Morgan fingerprint density at radius 1 is 1.21 bits per heavy atom. The van der Waals surface area contributed by atoms with Crippen LogP contribution in [0.15, 0.2) is 30.3 Å². The van der Waals surface area contributed by atoms with E-state index in [0.29, 0.717) is 12.1 Å². The van der Waals surface area contributed by atoms with Crippen molar-refractivity contribution >= 4 is 17.7 Å². The summed E-state index contributed by atoms with van der Waals surface area (Å²) >= 11 is 0. The maximum atomic E-state index is 12.3. The largest absolute Gasteiger partial charge is 0.399 e. The third-order valence-corrected chi connectivity index (χ3v) is 3.80. The van der Waals surface area contributed by atoms with Crippen molar-refractivity contribution in [3.63, 3.8) is 0 Å². The highest BCUT2D eigenvalue weighted by molar-refractivity contribution is 5.92. The number of nitrogen functional groups attached to an aromatic ring is 1. The summed E-state index contributed by atoms with van der Waals surface area (Å²) in [5.41, 5.74) is 7.37. The first kappa shape index (κ1) is 13.7. The van der Waals surface area contributed by atoms with Crippen molar-refractivity contribution in [1.29, 1.82) is 0 Å². The summed E-state index contributed by atoms with van der Waals surface area (Å²) in [6.45, 7) is 4.26. The second-order valence-corrected chi connectivity index (χ2v) is 5.37. The Labute approximate surface area is 115 Å². The van der Waals surface area contributed by atoms with E-state index < -0.39 is 0 Å². The quantitative estimate of drug-likeness (QED) is 0.654. The zero-order chi connectivity index (χ0) is 13.8. The minimum Gasteiger partial charge on any atom is -0.399 e. The monoisotopic (exact) mass is 258 g/mol. The van der Waals surface area contributed by atoms with Gasteiger partial charge in [0.2, 0.25) is 5.91 Å². The van der Waals surface area contributed by atoms with E-state index in [0.717, 1.165) is 24.1 Å². The number of nitrogens with two attached hydrogens (primary N) is 1. The maximum Gasteiger partial charge on any atom is 0.247 e. The van der Waals surface area contributed by atoms with E-state index in [1.165, 1.54) is 6.42 Å². The van der Waals surface area contributed by atoms with Gasteiger partial charge in [0.25, 0.3) is 0 Å². The second kappa shape index (κ2) is 5.91. The summed E-state index contributed by atoms with van der Waals surface area (Å²) in [6.07, 6.45) is 6.95. The van der Waals surface area contributed by atoms with Gasteiger partial charge in [-0.25, -0.2) is 0 Å². The molecule has 0 radical (unpaired) electrons. The van der Waals surface area contributed by atoms with Crippen LogP contribution >= 0.6 is 0 Å². The highest BCUT2D eigenvalue weighted by Gasteiger charge is 2.27. The number of amides is 1. The number of anilines is 1. The molecule has 3 nitrogen and oxygen atoms in total. The Balaban J connectivity index is 2.05. The molecule has 19 heavy (non-hydrogen) atoms. The molecule has 1 saturated heterocycles. The van der Waals surface area contributed by atoms with Crippen LogP contribution in [-0.2, 0) is 4.79 Å². The summed E-state index contributed by atoms with van der Waals surface area (Å²) in [5.74, 6) is 0.108. The summed E-state index contributed by atoms with van der Waals surface area (Å²) < 4.78 is 0. The van der Waals surface area contributed by atoms with Crippen LogP contribution in [-0.4, -0.2) is 22.9 Å². The molecule has 2 atom stereocenters. The van der Waals surface area contributed by atoms with Crippen molar-refractivity contribution < 1.29 is 4.79 Å². The van der Waals surface area contributed by atoms with Gasteiger partial charge in [0.1, 0.15) is 0 Å². The third kappa shape index (κ3) is 3.37. The minimum absolute atomic E-state index is 0.108. The summed E-state index contributed by atoms with van der Waals surface area (Å²) in [4.78, 5) is 14.3. The number of carbonyl (C=O) groups excluding carboxylic acids is 1. The number of rotatable bonds is 2. The van der Waals surface area contributed by atoms with E-state index >= 15 is 0 Å². The molecule has 2 rings (SSSR count). The Kier molecular flexibility index (Phi) is 4.25. The first-order valence-electron chi connectivity index (χ1n) is 6.94. The topological polar surface area (TPSA) is 46.3 Å². The smallest absolute Gasteiger partial charge is 0.247 e. The zero-order valence-electron chi connectivity index (χ0n) is 11.7. The van der Waals surface area contributed by atoms with E-state index in [4.69, 9.17) is 5.73 Å². The van der Waals surface area contributed by atoms with Crippen LogP contribution in [0.2, 0.25) is 0 Å². The predicted octanol–water partition coefficient (Wildman–Crippen LogP) is 3.07. The first-order chi connectivity index (χ1) is 9.08. The molecule has 3 heteroatoms. The van der Waals surface area contributed by atoms with Crippen LogP contribution in [0.4, 0.5) is 5.69 Å². The lowest BCUT2D eigenvalue weighted by atomic mass is 9.97. The van der Waals surface area contributed by atoms with Gasteiger partial charge in [-0.1, -0.05) is 12.1 Å². The molecule has 2 unspecified atom stereocenters. The van der Waals surface area contributed by atoms with Gasteiger partial charge in [0.15, 0.2) is 0 Å². The molecule has 1 aromatic rings. The fourth-order valence-corrected chi connectivity index (χ4v) is 2.72. The second-order valence-electron chi connectivity index (χ2n) is 5.37. The highest BCUT2D eigenvalue weighted by Crippen LogP contribution is 2.22. The van der Waals surface area contributed by atoms with Crippen LogP contribution in [0, 0.1) is 0 Å². The van der Waals surface area contributed by atoms with Gasteiger partial charge in [0.05, 0.1) is 0 Å². The molecule has 0 aliphatic carbocycles. The number of carbonyl (C=O) groups is 1. The van der Waals surface area contributed by atoms with Gasteiger partial charge in [0, 0.05) is 23.8 Å². The van der Waals surface area contributed by atoms with Crippen LogP contribution < -0.4 is 5.73 Å². The molecule has 102 valence electrons. The standard InChI is InChI=1S/C16H22N2O/c1-12-4-3-5-13(2)18(12)16(19)11-8-14-6-9-15(17)10-7-14/h6-13H,3-5,17H2,1-2H3/b11-8+. The molecule has 1 aliphatic heterocycles. The predicted molar refractivity (Wildman–Crippen MR) is 79.5 cm³/mol. The Hall–Kier alpha value is -1.77. The average Bonchev–Trinajstić information content (AvgIpc) is 2.38. The maximum absolute atomic E-state index is 12.3. The van der Waals surface area contributed by atoms with Gasteiger partial charge in [-0.3, -0.25) is 4.79 Å². The van der Waals surface area contributed by atoms with E-state index in [-0.39, 0.29) is 5.91 Å². The molecule has 0 saturated carbocycles. The Morgan fingerprint density at radius 3 is 2.37 bits per heavy atom. The van der Waals surface area contributed by atoms with Crippen molar-refractivity contribution in [2.75, 3.05) is 5.73 Å². The molecular formula is C16H22N2O.